The van der Waals surface area contributed by atoms with Gasteiger partial charge in [-0.1, -0.05) is 23.7 Å². The summed E-state index contributed by atoms with van der Waals surface area (Å²) in [6.45, 7) is 2.87. The third-order valence-electron chi connectivity index (χ3n) is 4.33. The van der Waals surface area contributed by atoms with Crippen LogP contribution < -0.4 is 5.32 Å². The lowest BCUT2D eigenvalue weighted by Crippen LogP contribution is -2.44. The average Bonchev–Trinajstić information content (AvgIpc) is 2.86. The van der Waals surface area contributed by atoms with Crippen molar-refractivity contribution >= 4 is 17.5 Å². The Kier molecular flexibility index (Phi) is 3.76. The van der Waals surface area contributed by atoms with Crippen LogP contribution in [-0.4, -0.2) is 36.5 Å². The number of carbonyl (C=O) groups excluding carboxylic acids is 1. The molecule has 3 nitrogen and oxygen atoms in total. The molecule has 2 saturated heterocycles. The Morgan fingerprint density at radius 1 is 1.11 bits per heavy atom. The second-order valence-corrected chi connectivity index (χ2v) is 5.89. The summed E-state index contributed by atoms with van der Waals surface area (Å²) >= 11 is 5.92. The topological polar surface area (TPSA) is 32.3 Å². The molecule has 2 heterocycles. The van der Waals surface area contributed by atoms with Crippen molar-refractivity contribution in [3.63, 3.8) is 0 Å². The highest BCUT2D eigenvalue weighted by atomic mass is 35.5. The van der Waals surface area contributed by atoms with Crippen molar-refractivity contribution in [2.24, 2.45) is 0 Å². The molecule has 2 aliphatic heterocycles. The van der Waals surface area contributed by atoms with Crippen molar-refractivity contribution in [1.82, 2.24) is 10.2 Å². The molecule has 1 N–H and O–H groups in total. The maximum atomic E-state index is 11.7. The molecule has 0 aromatic heterocycles. The fraction of sp³-hybridized carbons (Fsp3) is 0.533. The summed E-state index contributed by atoms with van der Waals surface area (Å²) in [5, 5.41) is 3.72. The van der Waals surface area contributed by atoms with Gasteiger partial charge < -0.3 is 5.32 Å². The van der Waals surface area contributed by atoms with E-state index in [0.29, 0.717) is 5.92 Å². The smallest absolute Gasteiger partial charge is 0.237 e. The molecule has 4 heteroatoms. The maximum Gasteiger partial charge on any atom is 0.237 e. The zero-order chi connectivity index (χ0) is 13.2. The molecule has 2 fully saturated rings. The van der Waals surface area contributed by atoms with Gasteiger partial charge in [-0.05, 0) is 56.0 Å². The van der Waals surface area contributed by atoms with Gasteiger partial charge in [0.1, 0.15) is 0 Å². The fourth-order valence-corrected chi connectivity index (χ4v) is 3.33. The predicted molar refractivity (Wildman–Crippen MR) is 76.4 cm³/mol. The van der Waals surface area contributed by atoms with Crippen LogP contribution in [0.1, 0.15) is 30.7 Å². The van der Waals surface area contributed by atoms with Gasteiger partial charge in [-0.3, -0.25) is 9.69 Å². The number of hydrogen-bond donors (Lipinski definition) is 1. The molecule has 1 atom stereocenters. The van der Waals surface area contributed by atoms with E-state index < -0.39 is 0 Å². The van der Waals surface area contributed by atoms with Crippen molar-refractivity contribution in [1.29, 1.82) is 0 Å². The zero-order valence-corrected chi connectivity index (χ0v) is 11.7. The van der Waals surface area contributed by atoms with Gasteiger partial charge in [-0.2, -0.15) is 0 Å². The van der Waals surface area contributed by atoms with Crippen molar-refractivity contribution < 1.29 is 4.79 Å². The van der Waals surface area contributed by atoms with Crippen molar-refractivity contribution in [3.05, 3.63) is 34.9 Å². The van der Waals surface area contributed by atoms with E-state index >= 15 is 0 Å². The Labute approximate surface area is 118 Å². The SMILES string of the molecule is O=C1NCCC1N1CCC(c2ccc(Cl)cc2)CC1. The molecule has 0 spiro atoms. The van der Waals surface area contributed by atoms with Gasteiger partial charge in [0.25, 0.3) is 0 Å². The van der Waals surface area contributed by atoms with Crippen LogP contribution in [0.25, 0.3) is 0 Å². The van der Waals surface area contributed by atoms with Crippen LogP contribution in [0.15, 0.2) is 24.3 Å². The maximum absolute atomic E-state index is 11.7. The van der Waals surface area contributed by atoms with E-state index in [1.54, 1.807) is 0 Å². The number of nitrogens with one attached hydrogen (secondary N) is 1. The van der Waals surface area contributed by atoms with E-state index in [-0.39, 0.29) is 11.9 Å². The van der Waals surface area contributed by atoms with Crippen LogP contribution in [0.3, 0.4) is 0 Å². The number of likely N-dealkylation sites (tertiary alicyclic amines) is 1. The Morgan fingerprint density at radius 3 is 2.37 bits per heavy atom. The monoisotopic (exact) mass is 278 g/mol. The Balaban J connectivity index is 1.60. The molecular formula is C15H19ClN2O. The van der Waals surface area contributed by atoms with E-state index in [1.165, 1.54) is 5.56 Å². The highest BCUT2D eigenvalue weighted by Crippen LogP contribution is 2.30. The molecule has 0 bridgehead atoms. The van der Waals surface area contributed by atoms with E-state index in [9.17, 15) is 4.79 Å². The lowest BCUT2D eigenvalue weighted by molar-refractivity contribution is -0.124. The van der Waals surface area contributed by atoms with Gasteiger partial charge in [0.05, 0.1) is 6.04 Å². The van der Waals surface area contributed by atoms with Crippen molar-refractivity contribution in [2.75, 3.05) is 19.6 Å². The van der Waals surface area contributed by atoms with Crippen molar-refractivity contribution in [3.8, 4) is 0 Å². The highest BCUT2D eigenvalue weighted by molar-refractivity contribution is 6.30. The van der Waals surface area contributed by atoms with Gasteiger partial charge in [0.15, 0.2) is 0 Å². The minimum atomic E-state index is 0.117. The molecule has 3 rings (SSSR count). The number of amides is 1. The second-order valence-electron chi connectivity index (χ2n) is 5.46. The van der Waals surface area contributed by atoms with Gasteiger partial charge in [-0.25, -0.2) is 0 Å². The molecule has 0 saturated carbocycles. The van der Waals surface area contributed by atoms with Crippen LogP contribution in [-0.2, 0) is 4.79 Å². The molecule has 19 heavy (non-hydrogen) atoms. The molecule has 0 aliphatic carbocycles. The van der Waals surface area contributed by atoms with Crippen molar-refractivity contribution in [2.45, 2.75) is 31.2 Å². The summed E-state index contributed by atoms with van der Waals surface area (Å²) in [7, 11) is 0. The number of rotatable bonds is 2. The number of nitrogens with zero attached hydrogens (tertiary/aromatic N) is 1. The fourth-order valence-electron chi connectivity index (χ4n) is 3.21. The minimum absolute atomic E-state index is 0.117. The Hall–Kier alpha value is -1.06. The second kappa shape index (κ2) is 5.51. The minimum Gasteiger partial charge on any atom is -0.355 e. The summed E-state index contributed by atoms with van der Waals surface area (Å²) in [6, 6.07) is 8.31. The molecule has 1 aromatic carbocycles. The van der Waals surface area contributed by atoms with Gasteiger partial charge in [-0.15, -0.1) is 0 Å². The van der Waals surface area contributed by atoms with Crippen LogP contribution in [0.4, 0.5) is 0 Å². The first-order valence-corrected chi connectivity index (χ1v) is 7.39. The van der Waals surface area contributed by atoms with Crippen LogP contribution >= 0.6 is 11.6 Å². The Morgan fingerprint density at radius 2 is 1.79 bits per heavy atom. The zero-order valence-electron chi connectivity index (χ0n) is 10.9. The Bertz CT molecular complexity index is 452. The molecule has 2 aliphatic rings. The average molecular weight is 279 g/mol. The normalized spacial score (nSPS) is 25.5. The standard InChI is InChI=1S/C15H19ClN2O/c16-13-3-1-11(2-4-13)12-6-9-18(10-7-12)14-5-8-17-15(14)19/h1-4,12,14H,5-10H2,(H,17,19). The third kappa shape index (κ3) is 2.77. The van der Waals surface area contributed by atoms with E-state index in [1.807, 2.05) is 12.1 Å². The number of benzene rings is 1. The van der Waals surface area contributed by atoms with Gasteiger partial charge >= 0.3 is 0 Å². The van der Waals surface area contributed by atoms with Crippen LogP contribution in [0, 0.1) is 0 Å². The number of piperidine rings is 1. The molecule has 1 unspecified atom stereocenters. The van der Waals surface area contributed by atoms with E-state index in [2.05, 4.69) is 22.3 Å². The first-order chi connectivity index (χ1) is 9.24. The highest BCUT2D eigenvalue weighted by Gasteiger charge is 2.32. The summed E-state index contributed by atoms with van der Waals surface area (Å²) in [4.78, 5) is 14.0. The molecule has 1 aromatic rings. The molecular weight excluding hydrogens is 260 g/mol. The summed E-state index contributed by atoms with van der Waals surface area (Å²) in [5.74, 6) is 0.822. The van der Waals surface area contributed by atoms with E-state index in [4.69, 9.17) is 11.6 Å². The summed E-state index contributed by atoms with van der Waals surface area (Å²) in [5.41, 5.74) is 1.37. The number of carbonyl (C=O) groups is 1. The lowest BCUT2D eigenvalue weighted by Gasteiger charge is -2.34. The molecule has 0 radical (unpaired) electrons. The predicted octanol–water partition coefficient (Wildman–Crippen LogP) is 2.41. The molecule has 1 amide bonds. The summed E-state index contributed by atoms with van der Waals surface area (Å²) < 4.78 is 0. The lowest BCUT2D eigenvalue weighted by atomic mass is 9.89. The summed E-state index contributed by atoms with van der Waals surface area (Å²) in [6.07, 6.45) is 3.22. The quantitative estimate of drug-likeness (QED) is 0.901. The van der Waals surface area contributed by atoms with Crippen LogP contribution in [0.2, 0.25) is 5.02 Å². The van der Waals surface area contributed by atoms with Gasteiger partial charge in [0, 0.05) is 11.6 Å². The van der Waals surface area contributed by atoms with Gasteiger partial charge in [0.2, 0.25) is 5.91 Å². The molecule has 102 valence electrons. The largest absolute Gasteiger partial charge is 0.355 e. The third-order valence-corrected chi connectivity index (χ3v) is 4.58. The first kappa shape index (κ1) is 12.9. The van der Waals surface area contributed by atoms with E-state index in [0.717, 1.165) is 43.9 Å². The number of hydrogen-bond acceptors (Lipinski definition) is 2. The van der Waals surface area contributed by atoms with Crippen LogP contribution in [0.5, 0.6) is 0 Å². The number of halogens is 1. The first-order valence-electron chi connectivity index (χ1n) is 7.01.